The molecule has 0 aromatic carbocycles. The molecule has 0 amide bonds. The lowest BCUT2D eigenvalue weighted by molar-refractivity contribution is -0.160. The monoisotopic (exact) mass is 190 g/mol. The number of carbonyl (C=O) groups excluding carboxylic acids is 1. The maximum absolute atomic E-state index is 12.2. The number of rotatable bonds is 1. The molecule has 1 atom stereocenters. The molecular weight excluding hydrogens is 181 g/mol. The molecule has 1 unspecified atom stereocenters. The van der Waals surface area contributed by atoms with E-state index in [1.54, 1.807) is 0 Å². The van der Waals surface area contributed by atoms with Gasteiger partial charge in [-0.15, -0.1) is 0 Å². The highest BCUT2D eigenvalue weighted by molar-refractivity contribution is 5.96. The van der Waals surface area contributed by atoms with Crippen LogP contribution in [-0.2, 0) is 4.79 Å². The standard InChI is InChI=1S/C9H9F3O/c1-6(13)7-3-2-4-8(5-7)9(10,11)12/h2-3,5,8H,4H2,1H3. The molecule has 1 aliphatic carbocycles. The fourth-order valence-corrected chi connectivity index (χ4v) is 1.14. The van der Waals surface area contributed by atoms with Crippen LogP contribution in [0.5, 0.6) is 0 Å². The predicted octanol–water partition coefficient (Wildman–Crippen LogP) is 2.64. The van der Waals surface area contributed by atoms with Crippen molar-refractivity contribution in [3.05, 3.63) is 23.8 Å². The zero-order valence-electron chi connectivity index (χ0n) is 7.06. The van der Waals surface area contributed by atoms with Gasteiger partial charge in [0.25, 0.3) is 0 Å². The minimum atomic E-state index is -4.24. The highest BCUT2D eigenvalue weighted by Gasteiger charge is 2.38. The van der Waals surface area contributed by atoms with Crippen LogP contribution < -0.4 is 0 Å². The van der Waals surface area contributed by atoms with E-state index in [2.05, 4.69) is 0 Å². The fraction of sp³-hybridized carbons (Fsp3) is 0.444. The van der Waals surface area contributed by atoms with Gasteiger partial charge in [0.05, 0.1) is 5.92 Å². The van der Waals surface area contributed by atoms with E-state index in [0.717, 1.165) is 6.08 Å². The van der Waals surface area contributed by atoms with Crippen LogP contribution >= 0.6 is 0 Å². The number of Topliss-reactive ketones (excluding diaryl/α,β-unsaturated/α-hetero) is 1. The van der Waals surface area contributed by atoms with Gasteiger partial charge in [0.15, 0.2) is 5.78 Å². The number of carbonyl (C=O) groups is 1. The fourth-order valence-electron chi connectivity index (χ4n) is 1.14. The molecular formula is C9H9F3O. The molecule has 1 rings (SSSR count). The van der Waals surface area contributed by atoms with Crippen molar-refractivity contribution < 1.29 is 18.0 Å². The predicted molar refractivity (Wildman–Crippen MR) is 42.1 cm³/mol. The molecule has 1 nitrogen and oxygen atoms in total. The van der Waals surface area contributed by atoms with E-state index in [4.69, 9.17) is 0 Å². The summed E-state index contributed by atoms with van der Waals surface area (Å²) in [5, 5.41) is 0. The molecule has 0 aromatic rings. The van der Waals surface area contributed by atoms with E-state index in [-0.39, 0.29) is 17.8 Å². The van der Waals surface area contributed by atoms with E-state index in [0.29, 0.717) is 0 Å². The number of ketones is 1. The first kappa shape index (κ1) is 10.0. The molecule has 0 saturated heterocycles. The third kappa shape index (κ3) is 2.44. The zero-order chi connectivity index (χ0) is 10.1. The summed E-state index contributed by atoms with van der Waals surface area (Å²) in [7, 11) is 0. The summed E-state index contributed by atoms with van der Waals surface area (Å²) < 4.78 is 36.6. The van der Waals surface area contributed by atoms with Gasteiger partial charge in [0.1, 0.15) is 0 Å². The molecule has 72 valence electrons. The van der Waals surface area contributed by atoms with Crippen LogP contribution in [0.1, 0.15) is 13.3 Å². The lowest BCUT2D eigenvalue weighted by atomic mass is 9.94. The van der Waals surface area contributed by atoms with E-state index in [1.807, 2.05) is 0 Å². The van der Waals surface area contributed by atoms with Gasteiger partial charge in [-0.3, -0.25) is 4.79 Å². The molecule has 1 aliphatic rings. The summed E-state index contributed by atoms with van der Waals surface area (Å²) >= 11 is 0. The molecule has 13 heavy (non-hydrogen) atoms. The Morgan fingerprint density at radius 1 is 1.54 bits per heavy atom. The van der Waals surface area contributed by atoms with E-state index in [9.17, 15) is 18.0 Å². The van der Waals surface area contributed by atoms with Crippen molar-refractivity contribution in [1.82, 2.24) is 0 Å². The van der Waals surface area contributed by atoms with Crippen molar-refractivity contribution in [3.63, 3.8) is 0 Å². The van der Waals surface area contributed by atoms with Crippen LogP contribution in [0.2, 0.25) is 0 Å². The molecule has 0 bridgehead atoms. The molecule has 4 heteroatoms. The zero-order valence-corrected chi connectivity index (χ0v) is 7.06. The second-order valence-corrected chi connectivity index (χ2v) is 2.96. The first-order chi connectivity index (χ1) is 5.91. The lowest BCUT2D eigenvalue weighted by Crippen LogP contribution is -2.22. The summed E-state index contributed by atoms with van der Waals surface area (Å²) in [6.07, 6.45) is -0.506. The van der Waals surface area contributed by atoms with Crippen molar-refractivity contribution in [1.29, 1.82) is 0 Å². The summed E-state index contributed by atoms with van der Waals surface area (Å²) in [6, 6.07) is 0. The topological polar surface area (TPSA) is 17.1 Å². The summed E-state index contributed by atoms with van der Waals surface area (Å²) in [5.74, 6) is -1.83. The average molecular weight is 190 g/mol. The Kier molecular flexibility index (Phi) is 2.59. The third-order valence-electron chi connectivity index (χ3n) is 1.90. The number of alkyl halides is 3. The summed E-state index contributed by atoms with van der Waals surface area (Å²) in [6.45, 7) is 1.26. The van der Waals surface area contributed by atoms with Gasteiger partial charge in [-0.2, -0.15) is 13.2 Å². The Morgan fingerprint density at radius 2 is 2.15 bits per heavy atom. The molecule has 0 radical (unpaired) electrons. The number of allylic oxidation sites excluding steroid dienone is 4. The minimum Gasteiger partial charge on any atom is -0.295 e. The van der Waals surface area contributed by atoms with Crippen LogP contribution in [0.15, 0.2) is 23.8 Å². The Hall–Kier alpha value is -1.06. The average Bonchev–Trinajstić information content (AvgIpc) is 2.03. The molecule has 0 saturated carbocycles. The Balaban J connectivity index is 2.85. The van der Waals surface area contributed by atoms with Gasteiger partial charge >= 0.3 is 6.18 Å². The maximum Gasteiger partial charge on any atom is 0.395 e. The second kappa shape index (κ2) is 3.36. The highest BCUT2D eigenvalue weighted by atomic mass is 19.4. The summed E-state index contributed by atoms with van der Waals surface area (Å²) in [5.41, 5.74) is 0.147. The van der Waals surface area contributed by atoms with Gasteiger partial charge < -0.3 is 0 Å². The smallest absolute Gasteiger partial charge is 0.295 e. The molecule has 0 heterocycles. The van der Waals surface area contributed by atoms with E-state index < -0.39 is 12.1 Å². The first-order valence-corrected chi connectivity index (χ1v) is 3.87. The van der Waals surface area contributed by atoms with Gasteiger partial charge in [0, 0.05) is 5.57 Å². The Bertz CT molecular complexity index is 273. The SMILES string of the molecule is CC(=O)C1=CC(C(F)(F)F)CC=C1. The van der Waals surface area contributed by atoms with Gasteiger partial charge in [0.2, 0.25) is 0 Å². The van der Waals surface area contributed by atoms with E-state index >= 15 is 0 Å². The van der Waals surface area contributed by atoms with Crippen LogP contribution in [-0.4, -0.2) is 12.0 Å². The van der Waals surface area contributed by atoms with Crippen LogP contribution in [0.25, 0.3) is 0 Å². The molecule has 0 aliphatic heterocycles. The van der Waals surface area contributed by atoms with Crippen molar-refractivity contribution in [3.8, 4) is 0 Å². The van der Waals surface area contributed by atoms with Crippen molar-refractivity contribution in [2.75, 3.05) is 0 Å². The maximum atomic E-state index is 12.2. The minimum absolute atomic E-state index is 0.0692. The van der Waals surface area contributed by atoms with Crippen LogP contribution in [0, 0.1) is 5.92 Å². The Morgan fingerprint density at radius 3 is 2.62 bits per heavy atom. The van der Waals surface area contributed by atoms with E-state index in [1.165, 1.54) is 19.1 Å². The van der Waals surface area contributed by atoms with Crippen LogP contribution in [0.3, 0.4) is 0 Å². The van der Waals surface area contributed by atoms with Crippen molar-refractivity contribution in [2.45, 2.75) is 19.5 Å². The number of halogens is 3. The molecule has 0 N–H and O–H groups in total. The third-order valence-corrected chi connectivity index (χ3v) is 1.90. The molecule has 0 spiro atoms. The molecule has 0 fully saturated rings. The quantitative estimate of drug-likeness (QED) is 0.621. The number of hydrogen-bond donors (Lipinski definition) is 0. The first-order valence-electron chi connectivity index (χ1n) is 3.87. The van der Waals surface area contributed by atoms with Crippen molar-refractivity contribution in [2.24, 2.45) is 5.92 Å². The lowest BCUT2D eigenvalue weighted by Gasteiger charge is -2.18. The number of hydrogen-bond acceptors (Lipinski definition) is 1. The normalized spacial score (nSPS) is 22.8. The van der Waals surface area contributed by atoms with Crippen LogP contribution in [0.4, 0.5) is 13.2 Å². The van der Waals surface area contributed by atoms with Gasteiger partial charge in [-0.05, 0) is 13.3 Å². The largest absolute Gasteiger partial charge is 0.395 e. The van der Waals surface area contributed by atoms with Crippen molar-refractivity contribution >= 4 is 5.78 Å². The summed E-state index contributed by atoms with van der Waals surface area (Å²) in [4.78, 5) is 10.8. The highest BCUT2D eigenvalue weighted by Crippen LogP contribution is 2.33. The second-order valence-electron chi connectivity index (χ2n) is 2.96. The molecule has 0 aromatic heterocycles. The van der Waals surface area contributed by atoms with Gasteiger partial charge in [-0.25, -0.2) is 0 Å². The Labute approximate surface area is 73.9 Å². The van der Waals surface area contributed by atoms with Gasteiger partial charge in [-0.1, -0.05) is 18.2 Å².